The maximum absolute atomic E-state index is 13.4. The summed E-state index contributed by atoms with van der Waals surface area (Å²) in [6.07, 6.45) is 4.25. The number of nitrogens with one attached hydrogen (secondary N) is 1. The van der Waals surface area contributed by atoms with Crippen molar-refractivity contribution >= 4 is 45.6 Å². The molecule has 1 aromatic carbocycles. The van der Waals surface area contributed by atoms with E-state index in [1.54, 1.807) is 0 Å². The fraction of sp³-hybridized carbons (Fsp3) is 0.417. The molecule has 1 unspecified atom stereocenters. The van der Waals surface area contributed by atoms with Gasteiger partial charge < -0.3 is 19.2 Å². The summed E-state index contributed by atoms with van der Waals surface area (Å²) in [6.45, 7) is 1.11. The SMILES string of the molecule is COC(=O)C1=c2c(c(=O)oc3ccc([N+](=O)[O-])cc23)=C(NC2CCCCC2)C1(C(C)=O)C(=O)OC. The second kappa shape index (κ2) is 8.97. The molecule has 4 rings (SSSR count). The number of nitrogens with zero attached hydrogens (tertiary/aromatic N) is 1. The Morgan fingerprint density at radius 1 is 1.11 bits per heavy atom. The first-order chi connectivity index (χ1) is 16.7. The molecule has 11 nitrogen and oxygen atoms in total. The van der Waals surface area contributed by atoms with E-state index in [4.69, 9.17) is 13.9 Å². The van der Waals surface area contributed by atoms with Crippen LogP contribution in [-0.2, 0) is 23.9 Å². The predicted octanol–water partition coefficient (Wildman–Crippen LogP) is 0.817. The first-order valence-electron chi connectivity index (χ1n) is 11.1. The maximum Gasteiger partial charge on any atom is 0.346 e. The van der Waals surface area contributed by atoms with E-state index in [0.717, 1.165) is 52.5 Å². The Kier molecular flexibility index (Phi) is 6.18. The molecule has 1 atom stereocenters. The van der Waals surface area contributed by atoms with Gasteiger partial charge in [-0.15, -0.1) is 0 Å². The Bertz CT molecular complexity index is 1450. The van der Waals surface area contributed by atoms with Gasteiger partial charge in [-0.1, -0.05) is 19.3 Å². The van der Waals surface area contributed by atoms with Crippen LogP contribution < -0.4 is 21.4 Å². The van der Waals surface area contributed by atoms with Gasteiger partial charge in [-0.2, -0.15) is 0 Å². The number of ketones is 1. The van der Waals surface area contributed by atoms with Gasteiger partial charge in [0.25, 0.3) is 5.69 Å². The summed E-state index contributed by atoms with van der Waals surface area (Å²) in [4.78, 5) is 64.0. The standard InChI is InChI=1S/C24H24N2O9/c1-12(27)24(23(30)34-3)19(22(29)33-2)17-15-11-14(26(31)32)9-10-16(15)35-21(28)18(17)20(24)25-13-7-5-4-6-8-13/h9-11,13,25H,4-8H2,1-3H3. The molecule has 0 saturated heterocycles. The Balaban J connectivity index is 2.27. The topological polar surface area (TPSA) is 155 Å². The number of hydrogen-bond acceptors (Lipinski definition) is 10. The van der Waals surface area contributed by atoms with E-state index in [0.29, 0.717) is 12.8 Å². The lowest BCUT2D eigenvalue weighted by Crippen LogP contribution is -2.50. The largest absolute Gasteiger partial charge is 0.468 e. The fourth-order valence-corrected chi connectivity index (χ4v) is 5.13. The van der Waals surface area contributed by atoms with E-state index in [1.165, 1.54) is 6.07 Å². The number of nitro groups is 1. The highest BCUT2D eigenvalue weighted by Crippen LogP contribution is 2.42. The van der Waals surface area contributed by atoms with Crippen LogP contribution in [0, 0.1) is 15.5 Å². The average molecular weight is 484 g/mol. The second-order valence-electron chi connectivity index (χ2n) is 8.60. The highest BCUT2D eigenvalue weighted by molar-refractivity contribution is 6.33. The Labute approximate surface area is 198 Å². The molecule has 1 aromatic heterocycles. The van der Waals surface area contributed by atoms with Gasteiger partial charge >= 0.3 is 17.6 Å². The molecule has 1 fully saturated rings. The molecule has 0 bridgehead atoms. The van der Waals surface area contributed by atoms with Crippen LogP contribution in [0.5, 0.6) is 0 Å². The molecule has 0 amide bonds. The van der Waals surface area contributed by atoms with E-state index >= 15 is 0 Å². The molecule has 1 N–H and O–H groups in total. The van der Waals surface area contributed by atoms with Crippen LogP contribution in [0.4, 0.5) is 5.69 Å². The molecule has 11 heteroatoms. The number of rotatable bonds is 6. The molecule has 0 radical (unpaired) electrons. The molecule has 2 aliphatic carbocycles. The van der Waals surface area contributed by atoms with Crippen molar-refractivity contribution in [2.45, 2.75) is 45.1 Å². The molecular formula is C24H24N2O9. The summed E-state index contributed by atoms with van der Waals surface area (Å²) in [7, 11) is 2.13. The van der Waals surface area contributed by atoms with Crippen molar-refractivity contribution in [3.63, 3.8) is 0 Å². The minimum absolute atomic E-state index is 0.0178. The van der Waals surface area contributed by atoms with Crippen molar-refractivity contribution in [1.29, 1.82) is 0 Å². The number of carbonyl (C=O) groups is 3. The molecular weight excluding hydrogens is 460 g/mol. The van der Waals surface area contributed by atoms with E-state index in [9.17, 15) is 29.3 Å². The summed E-state index contributed by atoms with van der Waals surface area (Å²) in [6, 6.07) is 3.32. The lowest BCUT2D eigenvalue weighted by molar-refractivity contribution is -0.384. The normalized spacial score (nSPS) is 19.9. The number of ether oxygens (including phenoxy) is 2. The zero-order valence-corrected chi connectivity index (χ0v) is 19.5. The molecule has 184 valence electrons. The van der Waals surface area contributed by atoms with Gasteiger partial charge in [-0.05, 0) is 25.8 Å². The van der Waals surface area contributed by atoms with Gasteiger partial charge in [0.05, 0.1) is 35.6 Å². The van der Waals surface area contributed by atoms with Crippen LogP contribution in [-0.4, -0.2) is 42.9 Å². The number of nitro benzene ring substituents is 1. The predicted molar refractivity (Wildman–Crippen MR) is 122 cm³/mol. The van der Waals surface area contributed by atoms with Crippen molar-refractivity contribution < 1.29 is 33.2 Å². The molecule has 1 saturated carbocycles. The van der Waals surface area contributed by atoms with E-state index in [2.05, 4.69) is 5.32 Å². The molecule has 0 aliphatic heterocycles. The van der Waals surface area contributed by atoms with Crippen LogP contribution in [0.25, 0.3) is 22.2 Å². The first kappa shape index (κ1) is 24.1. The van der Waals surface area contributed by atoms with Gasteiger partial charge in [0.15, 0.2) is 11.2 Å². The maximum atomic E-state index is 13.4. The quantitative estimate of drug-likeness (QED) is 0.205. The third-order valence-corrected chi connectivity index (χ3v) is 6.71. The summed E-state index contributed by atoms with van der Waals surface area (Å²) in [5.41, 5.74) is -4.20. The molecule has 1 heterocycles. The van der Waals surface area contributed by atoms with Gasteiger partial charge in [-0.3, -0.25) is 19.7 Å². The Morgan fingerprint density at radius 3 is 2.37 bits per heavy atom. The van der Waals surface area contributed by atoms with Crippen molar-refractivity contribution in [2.75, 3.05) is 14.2 Å². The van der Waals surface area contributed by atoms with E-state index in [1.807, 2.05) is 0 Å². The van der Waals surface area contributed by atoms with Gasteiger partial charge in [0.1, 0.15) is 5.58 Å². The van der Waals surface area contributed by atoms with Crippen molar-refractivity contribution in [1.82, 2.24) is 5.32 Å². The van der Waals surface area contributed by atoms with Crippen LogP contribution in [0.1, 0.15) is 39.0 Å². The summed E-state index contributed by atoms with van der Waals surface area (Å²) in [5, 5.41) is 14.3. The van der Waals surface area contributed by atoms with Gasteiger partial charge in [-0.25, -0.2) is 9.59 Å². The van der Waals surface area contributed by atoms with Gasteiger partial charge in [0.2, 0.25) is 0 Å². The highest BCUT2D eigenvalue weighted by Gasteiger charge is 2.58. The first-order valence-corrected chi connectivity index (χ1v) is 11.1. The average Bonchev–Trinajstić information content (AvgIpc) is 3.16. The van der Waals surface area contributed by atoms with E-state index < -0.39 is 39.3 Å². The summed E-state index contributed by atoms with van der Waals surface area (Å²) >= 11 is 0. The minimum atomic E-state index is -2.34. The summed E-state index contributed by atoms with van der Waals surface area (Å²) in [5.74, 6) is -2.92. The van der Waals surface area contributed by atoms with Crippen LogP contribution >= 0.6 is 0 Å². The van der Waals surface area contributed by atoms with Crippen LogP contribution in [0.2, 0.25) is 0 Å². The third-order valence-electron chi connectivity index (χ3n) is 6.71. The zero-order chi connectivity index (χ0) is 25.5. The molecule has 0 spiro atoms. The van der Waals surface area contributed by atoms with Crippen LogP contribution in [0.3, 0.4) is 0 Å². The monoisotopic (exact) mass is 484 g/mol. The van der Waals surface area contributed by atoms with E-state index in [-0.39, 0.29) is 38.8 Å². The lowest BCUT2D eigenvalue weighted by atomic mass is 9.75. The number of carbonyl (C=O) groups excluding carboxylic acids is 3. The van der Waals surface area contributed by atoms with Crippen molar-refractivity contribution in [2.24, 2.45) is 5.41 Å². The molecule has 2 aliphatic rings. The number of methoxy groups -OCH3 is 2. The second-order valence-corrected chi connectivity index (χ2v) is 8.60. The smallest absolute Gasteiger partial charge is 0.346 e. The molecule has 2 aromatic rings. The lowest BCUT2D eigenvalue weighted by Gasteiger charge is -2.33. The van der Waals surface area contributed by atoms with Crippen molar-refractivity contribution in [3.05, 3.63) is 49.2 Å². The number of benzene rings is 1. The minimum Gasteiger partial charge on any atom is -0.468 e. The number of Topliss-reactive ketones (excluding diaryl/α,β-unsaturated/α-hetero) is 1. The number of hydrogen-bond donors (Lipinski definition) is 1. The highest BCUT2D eigenvalue weighted by atomic mass is 16.6. The van der Waals surface area contributed by atoms with Gasteiger partial charge in [0, 0.05) is 28.8 Å². The fourth-order valence-electron chi connectivity index (χ4n) is 5.13. The van der Waals surface area contributed by atoms with Crippen LogP contribution in [0.15, 0.2) is 27.4 Å². The Hall–Kier alpha value is -4.02. The Morgan fingerprint density at radius 2 is 1.80 bits per heavy atom. The number of fused-ring (bicyclic) bond motifs is 3. The van der Waals surface area contributed by atoms with Crippen molar-refractivity contribution in [3.8, 4) is 0 Å². The third kappa shape index (κ3) is 3.58. The zero-order valence-electron chi connectivity index (χ0n) is 19.5. The number of non-ortho nitro benzene ring substituents is 1. The summed E-state index contributed by atoms with van der Waals surface area (Å²) < 4.78 is 15.4. The number of esters is 2. The molecule has 35 heavy (non-hydrogen) atoms.